The van der Waals surface area contributed by atoms with E-state index < -0.39 is 23.7 Å². The summed E-state index contributed by atoms with van der Waals surface area (Å²) in [6.45, 7) is 1.18. The van der Waals surface area contributed by atoms with Crippen LogP contribution in [0.15, 0.2) is 18.2 Å². The largest absolute Gasteiger partial charge is 0.480 e. The predicted octanol–water partition coefficient (Wildman–Crippen LogP) is 2.16. The van der Waals surface area contributed by atoms with Crippen LogP contribution >= 0.6 is 23.2 Å². The molecule has 102 valence electrons. The SMILES string of the molecule is CC(=O)NC(CC(=O)c1ccc(Cl)cc1Cl)C(=O)O. The van der Waals surface area contributed by atoms with Crippen LogP contribution in [0.1, 0.15) is 23.7 Å². The third-order valence-corrected chi connectivity index (χ3v) is 2.84. The zero-order valence-electron chi connectivity index (χ0n) is 9.94. The molecule has 0 aliphatic heterocycles. The number of aliphatic carboxylic acids is 1. The summed E-state index contributed by atoms with van der Waals surface area (Å²) in [4.78, 5) is 33.7. The smallest absolute Gasteiger partial charge is 0.326 e. The van der Waals surface area contributed by atoms with E-state index in [1.165, 1.54) is 25.1 Å². The van der Waals surface area contributed by atoms with Gasteiger partial charge in [0, 0.05) is 23.9 Å². The van der Waals surface area contributed by atoms with Gasteiger partial charge in [0.2, 0.25) is 5.91 Å². The van der Waals surface area contributed by atoms with Gasteiger partial charge in [0.1, 0.15) is 6.04 Å². The van der Waals surface area contributed by atoms with Gasteiger partial charge in [-0.3, -0.25) is 9.59 Å². The van der Waals surface area contributed by atoms with E-state index in [1.54, 1.807) is 0 Å². The van der Waals surface area contributed by atoms with E-state index in [9.17, 15) is 14.4 Å². The molecular formula is C12H11Cl2NO4. The predicted molar refractivity (Wildman–Crippen MR) is 70.7 cm³/mol. The Morgan fingerprint density at radius 1 is 1.32 bits per heavy atom. The van der Waals surface area contributed by atoms with Crippen molar-refractivity contribution in [2.24, 2.45) is 0 Å². The van der Waals surface area contributed by atoms with E-state index in [2.05, 4.69) is 5.32 Å². The Kier molecular flexibility index (Phi) is 5.32. The average molecular weight is 304 g/mol. The number of nitrogens with one attached hydrogen (secondary N) is 1. The minimum absolute atomic E-state index is 0.143. The van der Waals surface area contributed by atoms with Crippen molar-refractivity contribution < 1.29 is 19.5 Å². The first-order valence-electron chi connectivity index (χ1n) is 5.29. The first-order chi connectivity index (χ1) is 8.81. The van der Waals surface area contributed by atoms with Gasteiger partial charge < -0.3 is 10.4 Å². The molecule has 0 radical (unpaired) electrons. The number of rotatable bonds is 5. The monoisotopic (exact) mass is 303 g/mol. The molecule has 0 fully saturated rings. The van der Waals surface area contributed by atoms with Crippen LogP contribution in [0, 0.1) is 0 Å². The summed E-state index contributed by atoms with van der Waals surface area (Å²) < 4.78 is 0. The van der Waals surface area contributed by atoms with Gasteiger partial charge in [-0.2, -0.15) is 0 Å². The van der Waals surface area contributed by atoms with Crippen LogP contribution in [0.5, 0.6) is 0 Å². The minimum atomic E-state index is -1.28. The second-order valence-corrected chi connectivity index (χ2v) is 4.69. The van der Waals surface area contributed by atoms with Gasteiger partial charge in [-0.15, -0.1) is 0 Å². The van der Waals surface area contributed by atoms with Crippen LogP contribution in [0.2, 0.25) is 10.0 Å². The zero-order valence-corrected chi connectivity index (χ0v) is 11.5. The molecule has 1 aromatic rings. The Morgan fingerprint density at radius 2 is 1.95 bits per heavy atom. The van der Waals surface area contributed by atoms with Crippen LogP contribution in [-0.2, 0) is 9.59 Å². The molecule has 0 saturated carbocycles. The van der Waals surface area contributed by atoms with E-state index >= 15 is 0 Å². The van der Waals surface area contributed by atoms with Gasteiger partial charge in [-0.1, -0.05) is 23.2 Å². The van der Waals surface area contributed by atoms with Crippen LogP contribution in [0.3, 0.4) is 0 Å². The molecule has 1 rings (SSSR count). The number of carbonyl (C=O) groups excluding carboxylic acids is 2. The van der Waals surface area contributed by atoms with Gasteiger partial charge >= 0.3 is 5.97 Å². The highest BCUT2D eigenvalue weighted by atomic mass is 35.5. The number of hydrogen-bond donors (Lipinski definition) is 2. The molecule has 0 heterocycles. The second-order valence-electron chi connectivity index (χ2n) is 3.84. The van der Waals surface area contributed by atoms with Gasteiger partial charge in [-0.25, -0.2) is 4.79 Å². The molecule has 0 aliphatic rings. The maximum atomic E-state index is 11.9. The maximum Gasteiger partial charge on any atom is 0.326 e. The van der Waals surface area contributed by atoms with Crippen molar-refractivity contribution in [2.75, 3.05) is 0 Å². The normalized spacial score (nSPS) is 11.7. The fourth-order valence-corrected chi connectivity index (χ4v) is 1.97. The Balaban J connectivity index is 2.87. The molecule has 0 spiro atoms. The lowest BCUT2D eigenvalue weighted by Crippen LogP contribution is -2.41. The lowest BCUT2D eigenvalue weighted by Gasteiger charge is -2.12. The highest BCUT2D eigenvalue weighted by Crippen LogP contribution is 2.22. The molecule has 1 amide bonds. The second kappa shape index (κ2) is 6.54. The third-order valence-electron chi connectivity index (χ3n) is 2.30. The summed E-state index contributed by atoms with van der Waals surface area (Å²) in [6, 6.07) is 3.01. The minimum Gasteiger partial charge on any atom is -0.480 e. The number of halogens is 2. The molecule has 0 aliphatic carbocycles. The third kappa shape index (κ3) is 4.54. The van der Waals surface area contributed by atoms with Crippen molar-refractivity contribution in [3.63, 3.8) is 0 Å². The van der Waals surface area contributed by atoms with Gasteiger partial charge in [0.25, 0.3) is 0 Å². The number of ketones is 1. The standard InChI is InChI=1S/C12H11Cl2NO4/c1-6(16)15-10(12(18)19)5-11(17)8-3-2-7(13)4-9(8)14/h2-4,10H,5H2,1H3,(H,15,16)(H,18,19). The van der Waals surface area contributed by atoms with Gasteiger partial charge in [-0.05, 0) is 18.2 Å². The van der Waals surface area contributed by atoms with Crippen molar-refractivity contribution in [3.8, 4) is 0 Å². The first-order valence-corrected chi connectivity index (χ1v) is 6.05. The molecule has 1 unspecified atom stereocenters. The summed E-state index contributed by atoms with van der Waals surface area (Å²) in [5, 5.41) is 11.6. The number of benzene rings is 1. The van der Waals surface area contributed by atoms with Crippen LogP contribution < -0.4 is 5.32 Å². The highest BCUT2D eigenvalue weighted by molar-refractivity contribution is 6.36. The Labute approximate surface area is 119 Å². The number of carbonyl (C=O) groups is 3. The van der Waals surface area contributed by atoms with Crippen molar-refractivity contribution in [3.05, 3.63) is 33.8 Å². The maximum absolute atomic E-state index is 11.9. The summed E-state index contributed by atoms with van der Waals surface area (Å²) in [5.74, 6) is -2.29. The summed E-state index contributed by atoms with van der Waals surface area (Å²) in [6.07, 6.45) is -0.379. The topological polar surface area (TPSA) is 83.5 Å². The number of carboxylic acid groups (broad SMARTS) is 1. The van der Waals surface area contributed by atoms with E-state index in [0.717, 1.165) is 0 Å². The molecule has 1 atom stereocenters. The number of carboxylic acids is 1. The Morgan fingerprint density at radius 3 is 2.42 bits per heavy atom. The molecule has 19 heavy (non-hydrogen) atoms. The van der Waals surface area contributed by atoms with Gasteiger partial charge in [0.05, 0.1) is 5.02 Å². The van der Waals surface area contributed by atoms with Gasteiger partial charge in [0.15, 0.2) is 5.78 Å². The average Bonchev–Trinajstić information content (AvgIpc) is 2.26. The molecule has 1 aromatic carbocycles. The molecule has 7 heteroatoms. The fraction of sp³-hybridized carbons (Fsp3) is 0.250. The molecule has 2 N–H and O–H groups in total. The van der Waals surface area contributed by atoms with Crippen molar-refractivity contribution in [2.45, 2.75) is 19.4 Å². The zero-order chi connectivity index (χ0) is 14.6. The van der Waals surface area contributed by atoms with Crippen LogP contribution in [0.25, 0.3) is 0 Å². The van der Waals surface area contributed by atoms with E-state index in [1.807, 2.05) is 0 Å². The van der Waals surface area contributed by atoms with Crippen molar-refractivity contribution in [1.29, 1.82) is 0 Å². The molecule has 0 saturated heterocycles. The fourth-order valence-electron chi connectivity index (χ4n) is 1.46. The number of Topliss-reactive ketones (excluding diaryl/α,β-unsaturated/α-hetero) is 1. The van der Waals surface area contributed by atoms with E-state index in [-0.39, 0.29) is 17.0 Å². The molecule has 0 aromatic heterocycles. The summed E-state index contributed by atoms with van der Waals surface area (Å²) in [5.41, 5.74) is 0.169. The quantitative estimate of drug-likeness (QED) is 0.816. The van der Waals surface area contributed by atoms with E-state index in [0.29, 0.717) is 5.02 Å². The van der Waals surface area contributed by atoms with Crippen LogP contribution in [-0.4, -0.2) is 28.8 Å². The molecule has 0 bridgehead atoms. The first kappa shape index (κ1) is 15.5. The lowest BCUT2D eigenvalue weighted by molar-refractivity contribution is -0.141. The molecule has 5 nitrogen and oxygen atoms in total. The Hall–Kier alpha value is -1.59. The van der Waals surface area contributed by atoms with Crippen LogP contribution in [0.4, 0.5) is 0 Å². The number of hydrogen-bond acceptors (Lipinski definition) is 3. The number of amides is 1. The molecular weight excluding hydrogens is 293 g/mol. The van der Waals surface area contributed by atoms with Crippen molar-refractivity contribution >= 4 is 40.9 Å². The van der Waals surface area contributed by atoms with Crippen molar-refractivity contribution in [1.82, 2.24) is 5.32 Å². The highest BCUT2D eigenvalue weighted by Gasteiger charge is 2.23. The summed E-state index contributed by atoms with van der Waals surface area (Å²) in [7, 11) is 0. The summed E-state index contributed by atoms with van der Waals surface area (Å²) >= 11 is 11.6. The lowest BCUT2D eigenvalue weighted by atomic mass is 10.0. The Bertz CT molecular complexity index is 530. The van der Waals surface area contributed by atoms with E-state index in [4.69, 9.17) is 28.3 Å².